The van der Waals surface area contributed by atoms with Gasteiger partial charge >= 0.3 is 0 Å². The first-order chi connectivity index (χ1) is 8.24. The summed E-state index contributed by atoms with van der Waals surface area (Å²) in [7, 11) is 0. The van der Waals surface area contributed by atoms with Crippen molar-refractivity contribution in [1.82, 2.24) is 4.98 Å². The fourth-order valence-corrected chi connectivity index (χ4v) is 3.36. The van der Waals surface area contributed by atoms with Gasteiger partial charge in [-0.2, -0.15) is 0 Å². The maximum Gasteiger partial charge on any atom is 0.123 e. The molecule has 4 heteroatoms. The van der Waals surface area contributed by atoms with E-state index in [1.807, 2.05) is 12.1 Å². The molecule has 0 amide bonds. The van der Waals surface area contributed by atoms with Crippen LogP contribution in [0.2, 0.25) is 0 Å². The summed E-state index contributed by atoms with van der Waals surface area (Å²) in [4.78, 5) is 5.97. The van der Waals surface area contributed by atoms with Gasteiger partial charge in [0.1, 0.15) is 10.8 Å². The number of nitrogens with two attached hydrogens (primary N) is 1. The number of aromatic hydroxyl groups is 1. The number of benzene rings is 1. The molecule has 1 aliphatic rings. The van der Waals surface area contributed by atoms with Gasteiger partial charge in [0.05, 0.1) is 5.69 Å². The monoisotopic (exact) mass is 246 g/mol. The van der Waals surface area contributed by atoms with Crippen molar-refractivity contribution in [1.29, 1.82) is 0 Å². The third-order valence-corrected chi connectivity index (χ3v) is 4.29. The molecule has 3 N–H and O–H groups in total. The van der Waals surface area contributed by atoms with Gasteiger partial charge in [0, 0.05) is 16.5 Å². The summed E-state index contributed by atoms with van der Waals surface area (Å²) in [6, 6.07) is 7.27. The second kappa shape index (κ2) is 4.13. The van der Waals surface area contributed by atoms with Crippen LogP contribution in [0.1, 0.15) is 29.5 Å². The van der Waals surface area contributed by atoms with Crippen molar-refractivity contribution in [3.63, 3.8) is 0 Å². The Kier molecular flexibility index (Phi) is 2.61. The van der Waals surface area contributed by atoms with Crippen molar-refractivity contribution in [2.24, 2.45) is 5.73 Å². The number of phenolic OH excluding ortho intramolecular Hbond substituents is 1. The summed E-state index contributed by atoms with van der Waals surface area (Å²) >= 11 is 1.73. The number of rotatable bonds is 1. The van der Waals surface area contributed by atoms with Gasteiger partial charge in [-0.25, -0.2) is 4.98 Å². The van der Waals surface area contributed by atoms with Gasteiger partial charge in [0.25, 0.3) is 0 Å². The van der Waals surface area contributed by atoms with Crippen molar-refractivity contribution >= 4 is 11.3 Å². The van der Waals surface area contributed by atoms with E-state index in [2.05, 4.69) is 4.98 Å². The lowest BCUT2D eigenvalue weighted by Gasteiger charge is -2.15. The van der Waals surface area contributed by atoms with Crippen molar-refractivity contribution in [3.05, 3.63) is 34.8 Å². The van der Waals surface area contributed by atoms with E-state index in [1.54, 1.807) is 23.5 Å². The first-order valence-electron chi connectivity index (χ1n) is 5.78. The molecule has 3 nitrogen and oxygen atoms in total. The van der Waals surface area contributed by atoms with Crippen molar-refractivity contribution in [3.8, 4) is 16.3 Å². The summed E-state index contributed by atoms with van der Waals surface area (Å²) in [5.41, 5.74) is 8.19. The number of thiazole rings is 1. The molecule has 3 rings (SSSR count). The SMILES string of the molecule is NC1CCCc2sc(-c3ccc(O)cc3)nc21. The zero-order chi connectivity index (χ0) is 11.8. The summed E-state index contributed by atoms with van der Waals surface area (Å²) in [6.07, 6.45) is 3.29. The fraction of sp³-hybridized carbons (Fsp3) is 0.308. The molecule has 1 aliphatic carbocycles. The molecule has 1 unspecified atom stereocenters. The average Bonchev–Trinajstić information content (AvgIpc) is 2.75. The molecule has 0 fully saturated rings. The lowest BCUT2D eigenvalue weighted by atomic mass is 9.99. The minimum atomic E-state index is 0.0980. The predicted molar refractivity (Wildman–Crippen MR) is 69.1 cm³/mol. The molecule has 0 saturated heterocycles. The molecule has 0 radical (unpaired) electrons. The van der Waals surface area contributed by atoms with Crippen LogP contribution < -0.4 is 5.73 Å². The molecule has 88 valence electrons. The second-order valence-corrected chi connectivity index (χ2v) is 5.46. The van der Waals surface area contributed by atoms with Gasteiger partial charge < -0.3 is 10.8 Å². The van der Waals surface area contributed by atoms with Gasteiger partial charge in [-0.3, -0.25) is 0 Å². The summed E-state index contributed by atoms with van der Waals surface area (Å²) in [6.45, 7) is 0. The summed E-state index contributed by atoms with van der Waals surface area (Å²) in [5.74, 6) is 0.284. The number of phenols is 1. The zero-order valence-electron chi connectivity index (χ0n) is 9.39. The Morgan fingerprint density at radius 3 is 2.76 bits per heavy atom. The van der Waals surface area contributed by atoms with Gasteiger partial charge in [0.2, 0.25) is 0 Å². The average molecular weight is 246 g/mol. The Balaban J connectivity index is 2.02. The van der Waals surface area contributed by atoms with E-state index in [4.69, 9.17) is 5.73 Å². The highest BCUT2D eigenvalue weighted by atomic mass is 32.1. The second-order valence-electron chi connectivity index (χ2n) is 4.37. The number of nitrogens with zero attached hydrogens (tertiary/aromatic N) is 1. The van der Waals surface area contributed by atoms with Crippen LogP contribution in [0.15, 0.2) is 24.3 Å². The van der Waals surface area contributed by atoms with Crippen LogP contribution in [0.25, 0.3) is 10.6 Å². The Morgan fingerprint density at radius 1 is 1.29 bits per heavy atom. The van der Waals surface area contributed by atoms with Crippen LogP contribution in [-0.4, -0.2) is 10.1 Å². The topological polar surface area (TPSA) is 59.1 Å². The standard InChI is InChI=1S/C13H14N2OS/c14-10-2-1-3-11-12(10)15-13(17-11)8-4-6-9(16)7-5-8/h4-7,10,16H,1-3,14H2. The largest absolute Gasteiger partial charge is 0.508 e. The number of aryl methyl sites for hydroxylation is 1. The lowest BCUT2D eigenvalue weighted by molar-refractivity contribution is 0.475. The normalized spacial score (nSPS) is 19.0. The van der Waals surface area contributed by atoms with Gasteiger partial charge in [0.15, 0.2) is 0 Å². The smallest absolute Gasteiger partial charge is 0.123 e. The van der Waals surface area contributed by atoms with Crippen LogP contribution in [0.3, 0.4) is 0 Å². The molecule has 1 heterocycles. The van der Waals surface area contributed by atoms with Gasteiger partial charge in [-0.15, -0.1) is 11.3 Å². The van der Waals surface area contributed by atoms with E-state index >= 15 is 0 Å². The van der Waals surface area contributed by atoms with E-state index in [-0.39, 0.29) is 11.8 Å². The molecule has 1 aromatic carbocycles. The summed E-state index contributed by atoms with van der Waals surface area (Å²) < 4.78 is 0. The molecule has 1 aromatic heterocycles. The molecule has 0 aliphatic heterocycles. The number of hydrogen-bond donors (Lipinski definition) is 2. The first kappa shape index (κ1) is 10.7. The minimum Gasteiger partial charge on any atom is -0.508 e. The number of fused-ring (bicyclic) bond motifs is 1. The quantitative estimate of drug-likeness (QED) is 0.813. The highest BCUT2D eigenvalue weighted by Gasteiger charge is 2.21. The minimum absolute atomic E-state index is 0.0980. The fourth-order valence-electron chi connectivity index (χ4n) is 2.18. The zero-order valence-corrected chi connectivity index (χ0v) is 10.2. The molecule has 0 bridgehead atoms. The highest BCUT2D eigenvalue weighted by molar-refractivity contribution is 7.15. The number of hydrogen-bond acceptors (Lipinski definition) is 4. The lowest BCUT2D eigenvalue weighted by Crippen LogP contribution is -2.16. The maximum atomic E-state index is 9.27. The van der Waals surface area contributed by atoms with Crippen LogP contribution in [0, 0.1) is 0 Å². The third kappa shape index (κ3) is 1.94. The van der Waals surface area contributed by atoms with E-state index in [0.717, 1.165) is 35.5 Å². The van der Waals surface area contributed by atoms with Crippen molar-refractivity contribution < 1.29 is 5.11 Å². The Hall–Kier alpha value is -1.39. The molecule has 2 aromatic rings. The van der Waals surface area contributed by atoms with Gasteiger partial charge in [-0.05, 0) is 43.5 Å². The van der Waals surface area contributed by atoms with E-state index in [1.165, 1.54) is 4.88 Å². The predicted octanol–water partition coefficient (Wildman–Crippen LogP) is 2.85. The number of aromatic nitrogens is 1. The molecule has 0 spiro atoms. The van der Waals surface area contributed by atoms with Crippen LogP contribution in [0.4, 0.5) is 0 Å². The Labute approximate surface area is 104 Å². The van der Waals surface area contributed by atoms with Crippen LogP contribution in [-0.2, 0) is 6.42 Å². The van der Waals surface area contributed by atoms with Gasteiger partial charge in [-0.1, -0.05) is 0 Å². The molecule has 17 heavy (non-hydrogen) atoms. The summed E-state index contributed by atoms with van der Waals surface area (Å²) in [5, 5.41) is 10.3. The van der Waals surface area contributed by atoms with Crippen LogP contribution in [0.5, 0.6) is 5.75 Å². The Morgan fingerprint density at radius 2 is 2.06 bits per heavy atom. The van der Waals surface area contributed by atoms with E-state index in [9.17, 15) is 5.11 Å². The molecular formula is C13H14N2OS. The Bertz CT molecular complexity index is 533. The first-order valence-corrected chi connectivity index (χ1v) is 6.60. The van der Waals surface area contributed by atoms with E-state index in [0.29, 0.717) is 0 Å². The van der Waals surface area contributed by atoms with E-state index < -0.39 is 0 Å². The van der Waals surface area contributed by atoms with Crippen molar-refractivity contribution in [2.45, 2.75) is 25.3 Å². The molecule has 1 atom stereocenters. The maximum absolute atomic E-state index is 9.27. The molecular weight excluding hydrogens is 232 g/mol. The third-order valence-electron chi connectivity index (χ3n) is 3.11. The highest BCUT2D eigenvalue weighted by Crippen LogP contribution is 2.36. The van der Waals surface area contributed by atoms with Crippen molar-refractivity contribution in [2.75, 3.05) is 0 Å². The van der Waals surface area contributed by atoms with Crippen LogP contribution >= 0.6 is 11.3 Å². The molecule has 0 saturated carbocycles.